The van der Waals surface area contributed by atoms with Crippen LogP contribution >= 0.6 is 31.9 Å². The van der Waals surface area contributed by atoms with Gasteiger partial charge in [-0.3, -0.25) is 0 Å². The van der Waals surface area contributed by atoms with Crippen LogP contribution in [0.1, 0.15) is 20.7 Å². The number of aromatic carboxylic acids is 2. The summed E-state index contributed by atoms with van der Waals surface area (Å²) >= 11 is 6.59. The van der Waals surface area contributed by atoms with Gasteiger partial charge in [-0.1, -0.05) is 44.0 Å². The molecule has 0 atom stereocenters. The van der Waals surface area contributed by atoms with E-state index in [2.05, 4.69) is 31.9 Å². The highest BCUT2D eigenvalue weighted by atomic mass is 79.9. The first-order chi connectivity index (χ1) is 8.43. The fourth-order valence-corrected chi connectivity index (χ4v) is 3.29. The first-order valence-corrected chi connectivity index (χ1v) is 6.39. The summed E-state index contributed by atoms with van der Waals surface area (Å²) in [4.78, 5) is 22.4. The van der Waals surface area contributed by atoms with E-state index in [0.717, 1.165) is 0 Å². The molecule has 18 heavy (non-hydrogen) atoms. The molecule has 0 radical (unpaired) electrons. The van der Waals surface area contributed by atoms with E-state index in [1.54, 1.807) is 18.2 Å². The van der Waals surface area contributed by atoms with E-state index >= 15 is 0 Å². The molecule has 0 aliphatic rings. The molecule has 6 heteroatoms. The number of hydrogen-bond acceptors (Lipinski definition) is 2. The van der Waals surface area contributed by atoms with E-state index in [0.29, 0.717) is 19.7 Å². The summed E-state index contributed by atoms with van der Waals surface area (Å²) in [7, 11) is 0. The first kappa shape index (κ1) is 13.0. The summed E-state index contributed by atoms with van der Waals surface area (Å²) in [6.45, 7) is 0. The Balaban J connectivity index is 3.04. The number of rotatable bonds is 2. The van der Waals surface area contributed by atoms with Crippen molar-refractivity contribution in [1.82, 2.24) is 0 Å². The Kier molecular flexibility index (Phi) is 3.41. The van der Waals surface area contributed by atoms with Gasteiger partial charge in [-0.15, -0.1) is 0 Å². The number of halogens is 2. The Morgan fingerprint density at radius 3 is 2.22 bits per heavy atom. The van der Waals surface area contributed by atoms with E-state index in [-0.39, 0.29) is 11.1 Å². The Labute approximate surface area is 118 Å². The number of carboxylic acid groups (broad SMARTS) is 2. The maximum absolute atomic E-state index is 11.3. The van der Waals surface area contributed by atoms with E-state index < -0.39 is 11.9 Å². The predicted molar refractivity (Wildman–Crippen MR) is 73.3 cm³/mol. The Bertz CT molecular complexity index is 679. The van der Waals surface area contributed by atoms with E-state index in [4.69, 9.17) is 5.11 Å². The molecule has 0 spiro atoms. The van der Waals surface area contributed by atoms with Gasteiger partial charge in [-0.2, -0.15) is 0 Å². The second-order valence-corrected chi connectivity index (χ2v) is 5.26. The van der Waals surface area contributed by atoms with Crippen LogP contribution < -0.4 is 0 Å². The molecule has 0 heterocycles. The van der Waals surface area contributed by atoms with Crippen LogP contribution in [-0.2, 0) is 0 Å². The molecular weight excluding hydrogens is 368 g/mol. The maximum Gasteiger partial charge on any atom is 0.337 e. The fourth-order valence-electron chi connectivity index (χ4n) is 1.79. The molecule has 92 valence electrons. The minimum atomic E-state index is -1.27. The average Bonchev–Trinajstić information content (AvgIpc) is 2.27. The van der Waals surface area contributed by atoms with Crippen molar-refractivity contribution in [2.75, 3.05) is 0 Å². The van der Waals surface area contributed by atoms with Crippen LogP contribution in [0.3, 0.4) is 0 Å². The summed E-state index contributed by atoms with van der Waals surface area (Å²) in [5.74, 6) is -2.53. The van der Waals surface area contributed by atoms with Gasteiger partial charge in [0.05, 0.1) is 11.1 Å². The van der Waals surface area contributed by atoms with Crippen molar-refractivity contribution >= 4 is 54.6 Å². The highest BCUT2D eigenvalue weighted by Crippen LogP contribution is 2.35. The zero-order valence-electron chi connectivity index (χ0n) is 8.78. The van der Waals surface area contributed by atoms with Crippen LogP contribution in [0.25, 0.3) is 10.8 Å². The molecular formula is C12H6Br2O4. The molecule has 0 aliphatic carbocycles. The molecule has 0 amide bonds. The molecule has 0 saturated carbocycles. The lowest BCUT2D eigenvalue weighted by Crippen LogP contribution is -2.09. The maximum atomic E-state index is 11.3. The number of carboxylic acids is 2. The van der Waals surface area contributed by atoms with E-state index in [1.807, 2.05) is 0 Å². The number of fused-ring (bicyclic) bond motifs is 1. The Morgan fingerprint density at radius 1 is 1.00 bits per heavy atom. The van der Waals surface area contributed by atoms with Crippen molar-refractivity contribution in [3.63, 3.8) is 0 Å². The van der Waals surface area contributed by atoms with Crippen LogP contribution in [0.2, 0.25) is 0 Å². The largest absolute Gasteiger partial charge is 0.478 e. The molecule has 2 aromatic carbocycles. The highest BCUT2D eigenvalue weighted by molar-refractivity contribution is 9.11. The molecule has 0 fully saturated rings. The molecule has 0 bridgehead atoms. The summed E-state index contributed by atoms with van der Waals surface area (Å²) in [6, 6.07) is 6.32. The van der Waals surface area contributed by atoms with Gasteiger partial charge in [-0.25, -0.2) is 9.59 Å². The summed E-state index contributed by atoms with van der Waals surface area (Å²) in [5.41, 5.74) is -0.443. The Morgan fingerprint density at radius 2 is 1.67 bits per heavy atom. The lowest BCUT2D eigenvalue weighted by atomic mass is 9.99. The van der Waals surface area contributed by atoms with Crippen molar-refractivity contribution in [2.24, 2.45) is 0 Å². The molecule has 0 saturated heterocycles. The monoisotopic (exact) mass is 372 g/mol. The molecule has 2 aromatic rings. The van der Waals surface area contributed by atoms with E-state index in [1.165, 1.54) is 6.07 Å². The van der Waals surface area contributed by atoms with Gasteiger partial charge in [-0.05, 0) is 17.5 Å². The first-order valence-electron chi connectivity index (χ1n) is 4.80. The molecule has 0 unspecified atom stereocenters. The van der Waals surface area contributed by atoms with Gasteiger partial charge < -0.3 is 10.2 Å². The van der Waals surface area contributed by atoms with Crippen molar-refractivity contribution < 1.29 is 19.8 Å². The number of carbonyl (C=O) groups is 2. The third-order valence-corrected chi connectivity index (χ3v) is 3.79. The van der Waals surface area contributed by atoms with E-state index in [9.17, 15) is 14.7 Å². The quantitative estimate of drug-likeness (QED) is 0.840. The fraction of sp³-hybridized carbons (Fsp3) is 0. The highest BCUT2D eigenvalue weighted by Gasteiger charge is 2.21. The summed E-state index contributed by atoms with van der Waals surface area (Å²) < 4.78 is 1.23. The van der Waals surface area contributed by atoms with Crippen LogP contribution in [0.5, 0.6) is 0 Å². The van der Waals surface area contributed by atoms with Gasteiger partial charge in [0.1, 0.15) is 0 Å². The smallest absolute Gasteiger partial charge is 0.337 e. The number of hydrogen-bond donors (Lipinski definition) is 2. The van der Waals surface area contributed by atoms with Crippen molar-refractivity contribution in [3.05, 3.63) is 44.3 Å². The zero-order valence-corrected chi connectivity index (χ0v) is 11.9. The number of benzene rings is 2. The lowest BCUT2D eigenvalue weighted by molar-refractivity contribution is 0.0653. The molecule has 4 nitrogen and oxygen atoms in total. The standard InChI is InChI=1S/C12H6Br2O4/c13-7-3-1-2-5-9(12(17)18)6(11(15)16)4-8(14)10(5)7/h1-4H,(H,15,16)(H,17,18). The van der Waals surface area contributed by atoms with Crippen LogP contribution in [0, 0.1) is 0 Å². The van der Waals surface area contributed by atoms with Crippen LogP contribution in [0.15, 0.2) is 33.2 Å². The third kappa shape index (κ3) is 2.02. The normalized spacial score (nSPS) is 10.6. The van der Waals surface area contributed by atoms with Crippen molar-refractivity contribution in [2.45, 2.75) is 0 Å². The lowest BCUT2D eigenvalue weighted by Gasteiger charge is -2.10. The van der Waals surface area contributed by atoms with Gasteiger partial charge >= 0.3 is 11.9 Å². The molecule has 0 aromatic heterocycles. The SMILES string of the molecule is O=C(O)c1cc(Br)c2c(Br)cccc2c1C(=O)O. The second-order valence-electron chi connectivity index (χ2n) is 3.55. The zero-order chi connectivity index (χ0) is 13.4. The topological polar surface area (TPSA) is 74.6 Å². The van der Waals surface area contributed by atoms with Gasteiger partial charge in [0, 0.05) is 14.3 Å². The van der Waals surface area contributed by atoms with Gasteiger partial charge in [0.15, 0.2) is 0 Å². The minimum absolute atomic E-state index is 0.206. The summed E-state index contributed by atoms with van der Waals surface area (Å²) in [6.07, 6.45) is 0. The minimum Gasteiger partial charge on any atom is -0.478 e. The Hall–Kier alpha value is -1.40. The van der Waals surface area contributed by atoms with Crippen molar-refractivity contribution in [3.8, 4) is 0 Å². The predicted octanol–water partition coefficient (Wildman–Crippen LogP) is 3.76. The van der Waals surface area contributed by atoms with Crippen LogP contribution in [0.4, 0.5) is 0 Å². The van der Waals surface area contributed by atoms with Gasteiger partial charge in [0.25, 0.3) is 0 Å². The van der Waals surface area contributed by atoms with Crippen molar-refractivity contribution in [1.29, 1.82) is 0 Å². The third-order valence-electron chi connectivity index (χ3n) is 2.51. The van der Waals surface area contributed by atoms with Crippen LogP contribution in [-0.4, -0.2) is 22.2 Å². The molecule has 0 aliphatic heterocycles. The molecule has 2 rings (SSSR count). The second kappa shape index (κ2) is 4.70. The average molecular weight is 374 g/mol. The molecule has 2 N–H and O–H groups in total. The van der Waals surface area contributed by atoms with Gasteiger partial charge in [0.2, 0.25) is 0 Å². The summed E-state index contributed by atoms with van der Waals surface area (Å²) in [5, 5.41) is 19.3.